The van der Waals surface area contributed by atoms with Crippen LogP contribution >= 0.6 is 0 Å². The average Bonchev–Trinajstić information content (AvgIpc) is 2.90. The summed E-state index contributed by atoms with van der Waals surface area (Å²) < 4.78 is 1.76. The summed E-state index contributed by atoms with van der Waals surface area (Å²) in [5, 5.41) is 10.7. The second-order valence-corrected chi connectivity index (χ2v) is 5.68. The van der Waals surface area contributed by atoms with E-state index in [1.807, 2.05) is 7.05 Å². The summed E-state index contributed by atoms with van der Waals surface area (Å²) in [6.07, 6.45) is 4.20. The predicted molar refractivity (Wildman–Crippen MR) is 84.0 cm³/mol. The SMILES string of the molecule is CN=C(NCCN1CCC(C)CC1)NCc1ncnn1C. The minimum atomic E-state index is 0.622. The summed E-state index contributed by atoms with van der Waals surface area (Å²) in [7, 11) is 3.67. The molecule has 0 radical (unpaired) electrons. The fourth-order valence-corrected chi connectivity index (χ4v) is 2.48. The third-order valence-electron chi connectivity index (χ3n) is 4.04. The molecule has 1 aliphatic rings. The molecule has 0 saturated carbocycles. The maximum Gasteiger partial charge on any atom is 0.191 e. The summed E-state index contributed by atoms with van der Waals surface area (Å²) in [5.41, 5.74) is 0. The van der Waals surface area contributed by atoms with E-state index in [0.29, 0.717) is 6.54 Å². The Morgan fingerprint density at radius 1 is 1.38 bits per heavy atom. The smallest absolute Gasteiger partial charge is 0.191 e. The monoisotopic (exact) mass is 293 g/mol. The predicted octanol–water partition coefficient (Wildman–Crippen LogP) is 0.212. The highest BCUT2D eigenvalue weighted by atomic mass is 15.3. The zero-order valence-corrected chi connectivity index (χ0v) is 13.3. The van der Waals surface area contributed by atoms with E-state index in [-0.39, 0.29) is 0 Å². The summed E-state index contributed by atoms with van der Waals surface area (Å²) in [4.78, 5) is 10.9. The van der Waals surface area contributed by atoms with Crippen molar-refractivity contribution in [3.8, 4) is 0 Å². The Bertz CT molecular complexity index is 446. The van der Waals surface area contributed by atoms with Crippen molar-refractivity contribution >= 4 is 5.96 Å². The van der Waals surface area contributed by atoms with E-state index >= 15 is 0 Å². The van der Waals surface area contributed by atoms with E-state index in [9.17, 15) is 0 Å². The van der Waals surface area contributed by atoms with Gasteiger partial charge in [0, 0.05) is 27.2 Å². The molecule has 0 aromatic carbocycles. The number of aliphatic imine (C=N–C) groups is 1. The molecule has 0 amide bonds. The van der Waals surface area contributed by atoms with Crippen molar-refractivity contribution in [1.82, 2.24) is 30.3 Å². The molecule has 118 valence electrons. The zero-order chi connectivity index (χ0) is 15.1. The van der Waals surface area contributed by atoms with Gasteiger partial charge in [0.05, 0.1) is 6.54 Å². The summed E-state index contributed by atoms with van der Waals surface area (Å²) in [6.45, 7) is 7.37. The number of nitrogens with zero attached hydrogens (tertiary/aromatic N) is 5. The molecule has 1 aromatic rings. The Labute approximate surface area is 126 Å². The standard InChI is InChI=1S/C14H27N7/c1-12-4-7-21(8-5-12)9-6-16-14(15-2)17-10-13-18-11-19-20(13)3/h11-12H,4-10H2,1-3H3,(H2,15,16,17). The summed E-state index contributed by atoms with van der Waals surface area (Å²) >= 11 is 0. The summed E-state index contributed by atoms with van der Waals surface area (Å²) in [5.74, 6) is 2.58. The van der Waals surface area contributed by atoms with Crippen LogP contribution in [-0.2, 0) is 13.6 Å². The van der Waals surface area contributed by atoms with Crippen molar-refractivity contribution in [1.29, 1.82) is 0 Å². The van der Waals surface area contributed by atoms with Gasteiger partial charge < -0.3 is 15.5 Å². The number of rotatable bonds is 5. The molecular weight excluding hydrogens is 266 g/mol. The van der Waals surface area contributed by atoms with Gasteiger partial charge in [-0.1, -0.05) is 6.92 Å². The number of hydrogen-bond acceptors (Lipinski definition) is 4. The number of likely N-dealkylation sites (tertiary alicyclic amines) is 1. The Hall–Kier alpha value is -1.63. The molecule has 2 heterocycles. The van der Waals surface area contributed by atoms with Crippen molar-refractivity contribution in [3.05, 3.63) is 12.2 Å². The lowest BCUT2D eigenvalue weighted by molar-refractivity contribution is 0.195. The van der Waals surface area contributed by atoms with Crippen LogP contribution in [0.4, 0.5) is 0 Å². The van der Waals surface area contributed by atoms with Gasteiger partial charge in [0.15, 0.2) is 5.96 Å². The van der Waals surface area contributed by atoms with E-state index in [0.717, 1.165) is 30.8 Å². The molecule has 0 spiro atoms. The first-order valence-corrected chi connectivity index (χ1v) is 7.68. The highest BCUT2D eigenvalue weighted by Gasteiger charge is 2.14. The van der Waals surface area contributed by atoms with Crippen LogP contribution in [0.3, 0.4) is 0 Å². The fourth-order valence-electron chi connectivity index (χ4n) is 2.48. The maximum absolute atomic E-state index is 4.23. The molecule has 2 N–H and O–H groups in total. The van der Waals surface area contributed by atoms with E-state index in [2.05, 4.69) is 37.5 Å². The van der Waals surface area contributed by atoms with Gasteiger partial charge in [0.25, 0.3) is 0 Å². The lowest BCUT2D eigenvalue weighted by Crippen LogP contribution is -2.43. The Balaban J connectivity index is 1.65. The quantitative estimate of drug-likeness (QED) is 0.600. The van der Waals surface area contributed by atoms with Crippen LogP contribution in [-0.4, -0.2) is 58.9 Å². The number of aromatic nitrogens is 3. The average molecular weight is 293 g/mol. The van der Waals surface area contributed by atoms with Crippen LogP contribution in [0.5, 0.6) is 0 Å². The molecule has 0 atom stereocenters. The largest absolute Gasteiger partial charge is 0.355 e. The lowest BCUT2D eigenvalue weighted by Gasteiger charge is -2.30. The first-order chi connectivity index (χ1) is 10.2. The van der Waals surface area contributed by atoms with Crippen LogP contribution in [0.2, 0.25) is 0 Å². The third-order valence-corrected chi connectivity index (χ3v) is 4.04. The third kappa shape index (κ3) is 5.00. The molecule has 1 aliphatic heterocycles. The topological polar surface area (TPSA) is 70.4 Å². The van der Waals surface area contributed by atoms with Gasteiger partial charge in [0.2, 0.25) is 0 Å². The number of nitrogens with one attached hydrogen (secondary N) is 2. The van der Waals surface area contributed by atoms with Crippen LogP contribution < -0.4 is 10.6 Å². The lowest BCUT2D eigenvalue weighted by atomic mass is 9.99. The minimum absolute atomic E-state index is 0.622. The summed E-state index contributed by atoms with van der Waals surface area (Å²) in [6, 6.07) is 0. The molecule has 1 fully saturated rings. The van der Waals surface area contributed by atoms with Gasteiger partial charge in [-0.05, 0) is 31.8 Å². The molecule has 2 rings (SSSR count). The number of aryl methyl sites for hydroxylation is 1. The number of hydrogen-bond donors (Lipinski definition) is 2. The van der Waals surface area contributed by atoms with Gasteiger partial charge in [-0.15, -0.1) is 0 Å². The molecule has 7 nitrogen and oxygen atoms in total. The van der Waals surface area contributed by atoms with Gasteiger partial charge >= 0.3 is 0 Å². The van der Waals surface area contributed by atoms with E-state index < -0.39 is 0 Å². The van der Waals surface area contributed by atoms with Crippen molar-refractivity contribution in [2.45, 2.75) is 26.3 Å². The molecule has 21 heavy (non-hydrogen) atoms. The van der Waals surface area contributed by atoms with Gasteiger partial charge in [0.1, 0.15) is 12.2 Å². The van der Waals surface area contributed by atoms with Crippen molar-refractivity contribution in [3.63, 3.8) is 0 Å². The van der Waals surface area contributed by atoms with Crippen LogP contribution in [0.1, 0.15) is 25.6 Å². The van der Waals surface area contributed by atoms with Crippen molar-refractivity contribution in [2.24, 2.45) is 18.0 Å². The van der Waals surface area contributed by atoms with Gasteiger partial charge in [-0.2, -0.15) is 5.10 Å². The Morgan fingerprint density at radius 2 is 2.14 bits per heavy atom. The normalized spacial score (nSPS) is 18.0. The highest BCUT2D eigenvalue weighted by Crippen LogP contribution is 2.14. The van der Waals surface area contributed by atoms with Gasteiger partial charge in [-0.25, -0.2) is 4.98 Å². The molecule has 0 aliphatic carbocycles. The van der Waals surface area contributed by atoms with Crippen LogP contribution in [0, 0.1) is 5.92 Å². The first-order valence-electron chi connectivity index (χ1n) is 7.68. The van der Waals surface area contributed by atoms with Crippen molar-refractivity contribution in [2.75, 3.05) is 33.2 Å². The fraction of sp³-hybridized carbons (Fsp3) is 0.786. The van der Waals surface area contributed by atoms with Crippen LogP contribution in [0.15, 0.2) is 11.3 Å². The van der Waals surface area contributed by atoms with E-state index in [1.54, 1.807) is 18.1 Å². The minimum Gasteiger partial charge on any atom is -0.355 e. The highest BCUT2D eigenvalue weighted by molar-refractivity contribution is 5.79. The van der Waals surface area contributed by atoms with Crippen LogP contribution in [0.25, 0.3) is 0 Å². The maximum atomic E-state index is 4.23. The van der Waals surface area contributed by atoms with Gasteiger partial charge in [-0.3, -0.25) is 9.67 Å². The molecule has 1 aromatic heterocycles. The van der Waals surface area contributed by atoms with E-state index in [4.69, 9.17) is 0 Å². The van der Waals surface area contributed by atoms with E-state index in [1.165, 1.54) is 25.9 Å². The first kappa shape index (κ1) is 15.8. The number of guanidine groups is 1. The zero-order valence-electron chi connectivity index (χ0n) is 13.3. The Kier molecular flexibility index (Phi) is 5.98. The second kappa shape index (κ2) is 7.97. The molecule has 0 unspecified atom stereocenters. The second-order valence-electron chi connectivity index (χ2n) is 5.68. The van der Waals surface area contributed by atoms with Crippen molar-refractivity contribution < 1.29 is 0 Å². The molecule has 7 heteroatoms. The number of piperidine rings is 1. The molecular formula is C14H27N7. The molecule has 1 saturated heterocycles. The Morgan fingerprint density at radius 3 is 2.76 bits per heavy atom. The molecule has 0 bridgehead atoms.